The summed E-state index contributed by atoms with van der Waals surface area (Å²) < 4.78 is 0. The fraction of sp³-hybridized carbons (Fsp3) is 0.400. The molecule has 0 spiro atoms. The number of rotatable bonds is 2. The lowest BCUT2D eigenvalue weighted by Gasteiger charge is -2.03. The molecule has 1 rings (SSSR count). The lowest BCUT2D eigenvalue weighted by Crippen LogP contribution is -1.93. The number of pyridine rings is 1. The quantitative estimate of drug-likeness (QED) is 0.665. The van der Waals surface area contributed by atoms with Gasteiger partial charge in [0.15, 0.2) is 0 Å². The van der Waals surface area contributed by atoms with E-state index in [1.165, 1.54) is 0 Å². The first kappa shape index (κ1) is 8.73. The molecule has 0 unspecified atom stereocenters. The molecule has 0 bridgehead atoms. The van der Waals surface area contributed by atoms with Crippen molar-refractivity contribution >= 4 is 0 Å². The van der Waals surface area contributed by atoms with Crippen LogP contribution in [0.2, 0.25) is 0 Å². The van der Waals surface area contributed by atoms with Crippen LogP contribution < -0.4 is 0 Å². The second kappa shape index (κ2) is 3.87. The van der Waals surface area contributed by atoms with Gasteiger partial charge in [0.1, 0.15) is 0 Å². The maximum Gasteiger partial charge on any atom is 0.0670 e. The molecule has 0 atom stereocenters. The predicted octanol–water partition coefficient (Wildman–Crippen LogP) is 2.27. The fourth-order valence-electron chi connectivity index (χ4n) is 0.973. The molecular weight excluding hydrogens is 148 g/mol. The van der Waals surface area contributed by atoms with E-state index in [1.54, 1.807) is 6.20 Å². The number of hydrogen-bond acceptors (Lipinski definition) is 2. The van der Waals surface area contributed by atoms with Crippen molar-refractivity contribution in [3.63, 3.8) is 0 Å². The lowest BCUT2D eigenvalue weighted by atomic mass is 10.1. The zero-order chi connectivity index (χ0) is 8.97. The highest BCUT2D eigenvalue weighted by Gasteiger charge is 1.99. The van der Waals surface area contributed by atoms with Crippen LogP contribution in [0.15, 0.2) is 18.3 Å². The van der Waals surface area contributed by atoms with Crippen molar-refractivity contribution in [3.8, 4) is 6.07 Å². The van der Waals surface area contributed by atoms with Crippen LogP contribution in [-0.4, -0.2) is 4.98 Å². The Morgan fingerprint density at radius 3 is 2.67 bits per heavy atom. The van der Waals surface area contributed by atoms with Crippen molar-refractivity contribution in [2.24, 2.45) is 0 Å². The van der Waals surface area contributed by atoms with Crippen LogP contribution in [0.25, 0.3) is 0 Å². The van der Waals surface area contributed by atoms with Crippen molar-refractivity contribution in [1.82, 2.24) is 4.98 Å². The van der Waals surface area contributed by atoms with E-state index in [0.29, 0.717) is 12.3 Å². The van der Waals surface area contributed by atoms with Crippen LogP contribution in [0, 0.1) is 11.3 Å². The molecule has 1 aromatic heterocycles. The third-order valence-corrected chi connectivity index (χ3v) is 1.72. The van der Waals surface area contributed by atoms with Gasteiger partial charge in [0.05, 0.1) is 12.5 Å². The number of aromatic nitrogens is 1. The largest absolute Gasteiger partial charge is 0.261 e. The van der Waals surface area contributed by atoms with E-state index in [0.717, 1.165) is 11.3 Å². The van der Waals surface area contributed by atoms with Gasteiger partial charge in [-0.15, -0.1) is 0 Å². The van der Waals surface area contributed by atoms with Gasteiger partial charge in [0.25, 0.3) is 0 Å². The highest BCUT2D eigenvalue weighted by Crippen LogP contribution is 2.11. The molecule has 0 saturated heterocycles. The molecule has 0 aromatic carbocycles. The van der Waals surface area contributed by atoms with Crippen LogP contribution in [-0.2, 0) is 6.42 Å². The van der Waals surface area contributed by atoms with E-state index in [-0.39, 0.29) is 0 Å². The van der Waals surface area contributed by atoms with Crippen molar-refractivity contribution in [3.05, 3.63) is 29.6 Å². The SMILES string of the molecule is CC(C)c1ccc(CC#N)cn1. The summed E-state index contributed by atoms with van der Waals surface area (Å²) in [4.78, 5) is 4.25. The summed E-state index contributed by atoms with van der Waals surface area (Å²) in [6, 6.07) is 6.04. The zero-order valence-corrected chi connectivity index (χ0v) is 7.41. The van der Waals surface area contributed by atoms with Gasteiger partial charge >= 0.3 is 0 Å². The second-order valence-electron chi connectivity index (χ2n) is 3.08. The molecule has 1 aromatic rings. The monoisotopic (exact) mass is 160 g/mol. The van der Waals surface area contributed by atoms with Gasteiger partial charge in [-0.2, -0.15) is 5.26 Å². The topological polar surface area (TPSA) is 36.7 Å². The third-order valence-electron chi connectivity index (χ3n) is 1.72. The van der Waals surface area contributed by atoms with Crippen molar-refractivity contribution in [2.45, 2.75) is 26.2 Å². The molecule has 62 valence electrons. The zero-order valence-electron chi connectivity index (χ0n) is 7.41. The minimum absolute atomic E-state index is 0.450. The van der Waals surface area contributed by atoms with Crippen LogP contribution >= 0.6 is 0 Å². The molecule has 0 aliphatic heterocycles. The molecule has 0 fully saturated rings. The van der Waals surface area contributed by atoms with Crippen molar-refractivity contribution in [1.29, 1.82) is 5.26 Å². The van der Waals surface area contributed by atoms with Crippen LogP contribution in [0.1, 0.15) is 31.0 Å². The Hall–Kier alpha value is -1.36. The second-order valence-corrected chi connectivity index (χ2v) is 3.08. The summed E-state index contributed by atoms with van der Waals surface area (Å²) in [5.74, 6) is 0.459. The van der Waals surface area contributed by atoms with Crippen molar-refractivity contribution in [2.75, 3.05) is 0 Å². The van der Waals surface area contributed by atoms with Gasteiger partial charge in [0, 0.05) is 11.9 Å². The Balaban J connectivity index is 2.80. The molecule has 0 aliphatic carbocycles. The average Bonchev–Trinajstić information content (AvgIpc) is 2.06. The van der Waals surface area contributed by atoms with E-state index >= 15 is 0 Å². The molecule has 0 N–H and O–H groups in total. The molecule has 2 nitrogen and oxygen atoms in total. The van der Waals surface area contributed by atoms with Crippen LogP contribution in [0.3, 0.4) is 0 Å². The number of nitrogens with zero attached hydrogens (tertiary/aromatic N) is 2. The number of nitriles is 1. The van der Waals surface area contributed by atoms with E-state index < -0.39 is 0 Å². The Morgan fingerprint density at radius 2 is 2.25 bits per heavy atom. The summed E-state index contributed by atoms with van der Waals surface area (Å²) in [6.45, 7) is 4.21. The molecule has 0 amide bonds. The Morgan fingerprint density at radius 1 is 1.50 bits per heavy atom. The smallest absolute Gasteiger partial charge is 0.0670 e. The fourth-order valence-corrected chi connectivity index (χ4v) is 0.973. The Bertz CT molecular complexity index is 280. The summed E-state index contributed by atoms with van der Waals surface area (Å²) in [7, 11) is 0. The molecule has 2 heteroatoms. The van der Waals surface area contributed by atoms with Gasteiger partial charge in [-0.25, -0.2) is 0 Å². The van der Waals surface area contributed by atoms with Gasteiger partial charge in [-0.1, -0.05) is 19.9 Å². The summed E-state index contributed by atoms with van der Waals surface area (Å²) >= 11 is 0. The molecule has 0 radical (unpaired) electrons. The molecular formula is C10H12N2. The van der Waals surface area contributed by atoms with Crippen LogP contribution in [0.4, 0.5) is 0 Å². The Kier molecular flexibility index (Phi) is 2.82. The highest BCUT2D eigenvalue weighted by atomic mass is 14.7. The van der Waals surface area contributed by atoms with Crippen LogP contribution in [0.5, 0.6) is 0 Å². The first-order chi connectivity index (χ1) is 5.74. The van der Waals surface area contributed by atoms with Gasteiger partial charge < -0.3 is 0 Å². The maximum atomic E-state index is 8.42. The van der Waals surface area contributed by atoms with E-state index in [9.17, 15) is 0 Å². The van der Waals surface area contributed by atoms with Crippen molar-refractivity contribution < 1.29 is 0 Å². The highest BCUT2D eigenvalue weighted by molar-refractivity contribution is 5.18. The predicted molar refractivity (Wildman–Crippen MR) is 47.6 cm³/mol. The minimum Gasteiger partial charge on any atom is -0.261 e. The van der Waals surface area contributed by atoms with E-state index in [4.69, 9.17) is 5.26 Å². The standard InChI is InChI=1S/C10H12N2/c1-8(2)10-4-3-9(5-6-11)7-12-10/h3-4,7-8H,5H2,1-2H3. The Labute approximate surface area is 72.9 Å². The first-order valence-corrected chi connectivity index (χ1v) is 4.06. The minimum atomic E-state index is 0.450. The molecule has 0 aliphatic rings. The summed E-state index contributed by atoms with van der Waals surface area (Å²) in [6.07, 6.45) is 2.23. The van der Waals surface area contributed by atoms with E-state index in [1.807, 2.05) is 12.1 Å². The molecule has 12 heavy (non-hydrogen) atoms. The van der Waals surface area contributed by atoms with Gasteiger partial charge in [0.2, 0.25) is 0 Å². The normalized spacial score (nSPS) is 9.83. The summed E-state index contributed by atoms with van der Waals surface area (Å²) in [5, 5.41) is 8.42. The molecule has 0 saturated carbocycles. The first-order valence-electron chi connectivity index (χ1n) is 4.06. The lowest BCUT2D eigenvalue weighted by molar-refractivity contribution is 0.820. The van der Waals surface area contributed by atoms with Gasteiger partial charge in [-0.3, -0.25) is 4.98 Å². The van der Waals surface area contributed by atoms with Gasteiger partial charge in [-0.05, 0) is 17.5 Å². The maximum absolute atomic E-state index is 8.42. The van der Waals surface area contributed by atoms with E-state index in [2.05, 4.69) is 24.9 Å². The molecule has 1 heterocycles. The summed E-state index contributed by atoms with van der Waals surface area (Å²) in [5.41, 5.74) is 2.07. The number of hydrogen-bond donors (Lipinski definition) is 0. The third kappa shape index (κ3) is 2.06. The average molecular weight is 160 g/mol.